The summed E-state index contributed by atoms with van der Waals surface area (Å²) in [7, 11) is 3.34. The average molecular weight is 262 g/mol. The van der Waals surface area contributed by atoms with Crippen molar-refractivity contribution in [2.24, 2.45) is 5.92 Å². The van der Waals surface area contributed by atoms with Crippen LogP contribution in [0.1, 0.15) is 18.9 Å². The van der Waals surface area contributed by atoms with Crippen LogP contribution < -0.4 is 4.74 Å². The zero-order valence-electron chi connectivity index (χ0n) is 11.9. The van der Waals surface area contributed by atoms with Crippen LogP contribution in [0.25, 0.3) is 0 Å². The van der Waals surface area contributed by atoms with Gasteiger partial charge in [0.1, 0.15) is 5.75 Å². The lowest BCUT2D eigenvalue weighted by molar-refractivity contribution is -0.00558. The first-order valence-electron chi connectivity index (χ1n) is 6.39. The molecule has 19 heavy (non-hydrogen) atoms. The van der Waals surface area contributed by atoms with Gasteiger partial charge in [0.25, 0.3) is 0 Å². The predicted octanol–water partition coefficient (Wildman–Crippen LogP) is 2.89. The molecule has 3 nitrogen and oxygen atoms in total. The van der Waals surface area contributed by atoms with Crippen LogP contribution in [-0.2, 0) is 16.1 Å². The highest BCUT2D eigenvalue weighted by Crippen LogP contribution is 2.13. The minimum absolute atomic E-state index is 0.0456. The van der Waals surface area contributed by atoms with Gasteiger partial charge in [-0.25, -0.2) is 0 Å². The smallest absolute Gasteiger partial charge is 0.118 e. The maximum absolute atomic E-state index is 5.66. The lowest BCUT2D eigenvalue weighted by Crippen LogP contribution is -2.20. The Bertz CT molecular complexity index is 391. The van der Waals surface area contributed by atoms with Crippen LogP contribution in [-0.4, -0.2) is 26.9 Å². The Balaban J connectivity index is 2.33. The normalized spacial score (nSPS) is 13.6. The lowest BCUT2D eigenvalue weighted by Gasteiger charge is -2.17. The van der Waals surface area contributed by atoms with Crippen molar-refractivity contribution in [1.82, 2.24) is 0 Å². The highest BCUT2D eigenvalue weighted by molar-refractivity contribution is 5.26. The van der Waals surface area contributed by atoms with E-state index in [9.17, 15) is 0 Å². The Labute approximate surface area is 115 Å². The van der Waals surface area contributed by atoms with Crippen LogP contribution >= 0.6 is 0 Å². The minimum Gasteiger partial charge on any atom is -0.497 e. The summed E-state index contributed by atoms with van der Waals surface area (Å²) >= 11 is 0. The molecule has 0 saturated heterocycles. The van der Waals surface area contributed by atoms with Crippen molar-refractivity contribution in [2.45, 2.75) is 26.1 Å². The van der Waals surface area contributed by atoms with Gasteiger partial charge in [0.2, 0.25) is 0 Å². The molecule has 0 radical (unpaired) electrons. The molecule has 2 atom stereocenters. The summed E-state index contributed by atoms with van der Waals surface area (Å²) < 4.78 is 16.1. The molecule has 1 aromatic rings. The second-order valence-electron chi connectivity index (χ2n) is 4.52. The Kier molecular flexibility index (Phi) is 7.02. The molecule has 0 aromatic heterocycles. The molecule has 0 bridgehead atoms. The molecule has 1 rings (SSSR count). The van der Waals surface area contributed by atoms with Crippen molar-refractivity contribution in [3.05, 3.63) is 29.8 Å². The monoisotopic (exact) mass is 262 g/mol. The van der Waals surface area contributed by atoms with E-state index in [0.717, 1.165) is 17.7 Å². The van der Waals surface area contributed by atoms with Gasteiger partial charge < -0.3 is 14.2 Å². The summed E-state index contributed by atoms with van der Waals surface area (Å²) in [5, 5.41) is 0. The molecule has 0 N–H and O–H groups in total. The quantitative estimate of drug-likeness (QED) is 0.674. The molecule has 0 aliphatic rings. The molecule has 0 heterocycles. The maximum Gasteiger partial charge on any atom is 0.118 e. The van der Waals surface area contributed by atoms with Gasteiger partial charge in [-0.05, 0) is 24.1 Å². The first-order valence-corrected chi connectivity index (χ1v) is 6.39. The standard InChI is InChI=1S/C16H22O3/c1-5-13(2)10-16(18-4)12-19-11-14-6-8-15(17-3)9-7-14/h1,6-9,13,16H,10-12H2,2-4H3/t13-,16-/m1/s1. The van der Waals surface area contributed by atoms with Gasteiger partial charge in [-0.2, -0.15) is 0 Å². The van der Waals surface area contributed by atoms with E-state index in [1.165, 1.54) is 0 Å². The molecular weight excluding hydrogens is 240 g/mol. The summed E-state index contributed by atoms with van der Waals surface area (Å²) in [6.07, 6.45) is 6.22. The Morgan fingerprint density at radius 3 is 2.42 bits per heavy atom. The van der Waals surface area contributed by atoms with Crippen LogP contribution in [0.5, 0.6) is 5.75 Å². The van der Waals surface area contributed by atoms with E-state index in [1.807, 2.05) is 31.2 Å². The number of rotatable bonds is 8. The molecule has 0 fully saturated rings. The minimum atomic E-state index is 0.0456. The molecule has 0 aliphatic heterocycles. The van der Waals surface area contributed by atoms with Crippen molar-refractivity contribution >= 4 is 0 Å². The summed E-state index contributed by atoms with van der Waals surface area (Å²) in [5.41, 5.74) is 1.11. The zero-order chi connectivity index (χ0) is 14.1. The fourth-order valence-corrected chi connectivity index (χ4v) is 1.72. The van der Waals surface area contributed by atoms with Gasteiger partial charge in [-0.1, -0.05) is 19.1 Å². The molecular formula is C16H22O3. The van der Waals surface area contributed by atoms with Crippen molar-refractivity contribution in [3.63, 3.8) is 0 Å². The van der Waals surface area contributed by atoms with Crippen LogP contribution in [0.3, 0.4) is 0 Å². The second-order valence-corrected chi connectivity index (χ2v) is 4.52. The Morgan fingerprint density at radius 2 is 1.89 bits per heavy atom. The van der Waals surface area contributed by atoms with Gasteiger partial charge in [0.05, 0.1) is 26.4 Å². The number of ether oxygens (including phenoxy) is 3. The van der Waals surface area contributed by atoms with Crippen LogP contribution in [0.4, 0.5) is 0 Å². The second kappa shape index (κ2) is 8.58. The highest BCUT2D eigenvalue weighted by atomic mass is 16.5. The zero-order valence-corrected chi connectivity index (χ0v) is 11.9. The summed E-state index contributed by atoms with van der Waals surface area (Å²) in [6.45, 7) is 3.12. The van der Waals surface area contributed by atoms with Crippen molar-refractivity contribution in [2.75, 3.05) is 20.8 Å². The number of hydrogen-bond donors (Lipinski definition) is 0. The molecule has 104 valence electrons. The Hall–Kier alpha value is -1.50. The number of methoxy groups -OCH3 is 2. The first kappa shape index (κ1) is 15.6. The van der Waals surface area contributed by atoms with Gasteiger partial charge in [-0.3, -0.25) is 0 Å². The van der Waals surface area contributed by atoms with Crippen LogP contribution in [0.2, 0.25) is 0 Å². The van der Waals surface area contributed by atoms with Gasteiger partial charge in [-0.15, -0.1) is 12.3 Å². The van der Waals surface area contributed by atoms with Crippen molar-refractivity contribution in [1.29, 1.82) is 0 Å². The summed E-state index contributed by atoms with van der Waals surface area (Å²) in [6, 6.07) is 7.83. The third kappa shape index (κ3) is 5.78. The van der Waals surface area contributed by atoms with Crippen molar-refractivity contribution in [3.8, 4) is 18.1 Å². The van der Waals surface area contributed by atoms with Gasteiger partial charge in [0.15, 0.2) is 0 Å². The van der Waals surface area contributed by atoms with Crippen LogP contribution in [0, 0.1) is 18.3 Å². The predicted molar refractivity (Wildman–Crippen MR) is 76.1 cm³/mol. The maximum atomic E-state index is 5.66. The molecule has 0 spiro atoms. The first-order chi connectivity index (χ1) is 9.19. The van der Waals surface area contributed by atoms with Gasteiger partial charge >= 0.3 is 0 Å². The number of hydrogen-bond acceptors (Lipinski definition) is 3. The topological polar surface area (TPSA) is 27.7 Å². The fraction of sp³-hybridized carbons (Fsp3) is 0.500. The highest BCUT2D eigenvalue weighted by Gasteiger charge is 2.11. The molecule has 3 heteroatoms. The van der Waals surface area contributed by atoms with E-state index in [-0.39, 0.29) is 12.0 Å². The fourth-order valence-electron chi connectivity index (χ4n) is 1.72. The van der Waals surface area contributed by atoms with E-state index in [2.05, 4.69) is 5.92 Å². The lowest BCUT2D eigenvalue weighted by atomic mass is 10.1. The van der Waals surface area contributed by atoms with E-state index in [0.29, 0.717) is 13.2 Å². The summed E-state index contributed by atoms with van der Waals surface area (Å²) in [5.74, 6) is 3.75. The van der Waals surface area contributed by atoms with E-state index >= 15 is 0 Å². The Morgan fingerprint density at radius 1 is 1.21 bits per heavy atom. The number of benzene rings is 1. The van der Waals surface area contributed by atoms with Gasteiger partial charge in [0, 0.05) is 13.0 Å². The number of terminal acetylenes is 1. The van der Waals surface area contributed by atoms with E-state index in [1.54, 1.807) is 14.2 Å². The third-order valence-electron chi connectivity index (χ3n) is 2.97. The molecule has 0 unspecified atom stereocenters. The molecule has 0 saturated carbocycles. The molecule has 0 amide bonds. The van der Waals surface area contributed by atoms with E-state index in [4.69, 9.17) is 20.6 Å². The SMILES string of the molecule is C#C[C@@H](C)C[C@H](COCc1ccc(OC)cc1)OC. The van der Waals surface area contributed by atoms with E-state index < -0.39 is 0 Å². The molecule has 1 aromatic carbocycles. The van der Waals surface area contributed by atoms with Crippen LogP contribution in [0.15, 0.2) is 24.3 Å². The van der Waals surface area contributed by atoms with Crippen molar-refractivity contribution < 1.29 is 14.2 Å². The largest absolute Gasteiger partial charge is 0.497 e. The summed E-state index contributed by atoms with van der Waals surface area (Å²) in [4.78, 5) is 0. The average Bonchev–Trinajstić information content (AvgIpc) is 2.46. The third-order valence-corrected chi connectivity index (χ3v) is 2.97. The molecule has 0 aliphatic carbocycles.